The van der Waals surface area contributed by atoms with Gasteiger partial charge < -0.3 is 10.1 Å². The predicted molar refractivity (Wildman–Crippen MR) is 78.6 cm³/mol. The number of rotatable bonds is 5. The van der Waals surface area contributed by atoms with Crippen LogP contribution in [0.2, 0.25) is 0 Å². The number of anilines is 1. The van der Waals surface area contributed by atoms with Gasteiger partial charge in [-0.15, -0.1) is 0 Å². The first-order valence-electron chi connectivity index (χ1n) is 6.41. The Morgan fingerprint density at radius 1 is 1.29 bits per heavy atom. The van der Waals surface area contributed by atoms with Crippen molar-refractivity contribution in [1.82, 2.24) is 15.5 Å². The average molecular weight is 288 g/mol. The molecule has 0 bridgehead atoms. The van der Waals surface area contributed by atoms with Gasteiger partial charge in [-0.25, -0.2) is 9.89 Å². The van der Waals surface area contributed by atoms with Crippen LogP contribution < -0.4 is 20.9 Å². The van der Waals surface area contributed by atoms with E-state index in [0.717, 1.165) is 11.3 Å². The van der Waals surface area contributed by atoms with Crippen LogP contribution in [0.25, 0.3) is 0 Å². The normalized spacial score (nSPS) is 9.95. The third-order valence-electron chi connectivity index (χ3n) is 2.79. The van der Waals surface area contributed by atoms with Gasteiger partial charge in [-0.3, -0.25) is 10.1 Å². The van der Waals surface area contributed by atoms with E-state index in [4.69, 9.17) is 4.74 Å². The highest BCUT2D eigenvalue weighted by Gasteiger charge is 2.04. The molecule has 7 heteroatoms. The molecular weight excluding hydrogens is 272 g/mol. The van der Waals surface area contributed by atoms with Crippen molar-refractivity contribution in [1.29, 1.82) is 0 Å². The molecule has 1 aromatic carbocycles. The maximum atomic E-state index is 11.7. The highest BCUT2D eigenvalue weighted by atomic mass is 16.5. The summed E-state index contributed by atoms with van der Waals surface area (Å²) in [4.78, 5) is 22.5. The zero-order valence-corrected chi connectivity index (χ0v) is 11.6. The van der Waals surface area contributed by atoms with Gasteiger partial charge in [0.05, 0.1) is 7.11 Å². The van der Waals surface area contributed by atoms with Crippen molar-refractivity contribution in [2.75, 3.05) is 19.0 Å². The number of ether oxygens (including phenoxy) is 1. The fourth-order valence-corrected chi connectivity index (χ4v) is 1.79. The molecule has 0 radical (unpaired) electrons. The maximum absolute atomic E-state index is 11.7. The number of hydrogen-bond donors (Lipinski definition) is 3. The van der Waals surface area contributed by atoms with Crippen molar-refractivity contribution in [2.24, 2.45) is 0 Å². The Morgan fingerprint density at radius 2 is 2.10 bits per heavy atom. The zero-order valence-electron chi connectivity index (χ0n) is 11.6. The number of amides is 2. The highest BCUT2D eigenvalue weighted by Crippen LogP contribution is 2.17. The van der Waals surface area contributed by atoms with Gasteiger partial charge in [0, 0.05) is 12.6 Å². The number of carbonyl (C=O) groups excluding carboxylic acids is 1. The van der Waals surface area contributed by atoms with Crippen LogP contribution in [-0.2, 0) is 6.42 Å². The highest BCUT2D eigenvalue weighted by molar-refractivity contribution is 5.87. The van der Waals surface area contributed by atoms with Gasteiger partial charge >= 0.3 is 6.03 Å². The molecule has 7 nitrogen and oxygen atoms in total. The number of benzene rings is 1. The number of carbonyl (C=O) groups is 1. The Labute approximate surface area is 121 Å². The molecular formula is C14H16N4O3. The van der Waals surface area contributed by atoms with Crippen LogP contribution in [0, 0.1) is 0 Å². The van der Waals surface area contributed by atoms with E-state index in [1.165, 1.54) is 12.1 Å². The summed E-state index contributed by atoms with van der Waals surface area (Å²) >= 11 is 0. The number of urea groups is 1. The number of aromatic amines is 1. The molecule has 0 saturated carbocycles. The van der Waals surface area contributed by atoms with Crippen LogP contribution in [0.3, 0.4) is 0 Å². The standard InChI is InChI=1S/C14H16N4O3/c1-21-11-5-3-2-4-10(11)8-9-15-14(20)16-12-6-7-13(19)18-17-12/h2-7H,8-9H2,1H3,(H,18,19)(H2,15,16,17,20). The lowest BCUT2D eigenvalue weighted by atomic mass is 10.1. The summed E-state index contributed by atoms with van der Waals surface area (Å²) in [5.74, 6) is 1.08. The van der Waals surface area contributed by atoms with Gasteiger partial charge in [-0.2, -0.15) is 5.10 Å². The molecule has 0 fully saturated rings. The molecule has 2 aromatic rings. The fourth-order valence-electron chi connectivity index (χ4n) is 1.79. The van der Waals surface area contributed by atoms with Crippen LogP contribution in [0.5, 0.6) is 5.75 Å². The summed E-state index contributed by atoms with van der Waals surface area (Å²) < 4.78 is 5.24. The smallest absolute Gasteiger partial charge is 0.320 e. The average Bonchev–Trinajstić information content (AvgIpc) is 2.50. The van der Waals surface area contributed by atoms with Crippen LogP contribution in [0.15, 0.2) is 41.2 Å². The van der Waals surface area contributed by atoms with Gasteiger partial charge in [0.2, 0.25) is 0 Å². The van der Waals surface area contributed by atoms with Crippen LogP contribution >= 0.6 is 0 Å². The van der Waals surface area contributed by atoms with Crippen molar-refractivity contribution in [3.8, 4) is 5.75 Å². The minimum atomic E-state index is -0.385. The second kappa shape index (κ2) is 7.09. The van der Waals surface area contributed by atoms with Crippen LogP contribution in [-0.4, -0.2) is 29.9 Å². The minimum Gasteiger partial charge on any atom is -0.496 e. The lowest BCUT2D eigenvalue weighted by Gasteiger charge is -2.09. The van der Waals surface area contributed by atoms with Gasteiger partial charge in [-0.1, -0.05) is 18.2 Å². The van der Waals surface area contributed by atoms with Gasteiger partial charge in [0.15, 0.2) is 5.82 Å². The summed E-state index contributed by atoms with van der Waals surface area (Å²) in [6.45, 7) is 0.454. The number of H-pyrrole nitrogens is 1. The van der Waals surface area contributed by atoms with E-state index in [0.29, 0.717) is 13.0 Å². The molecule has 0 aliphatic rings. The summed E-state index contributed by atoms with van der Waals surface area (Å²) in [5.41, 5.74) is 0.694. The number of hydrogen-bond acceptors (Lipinski definition) is 4. The minimum absolute atomic E-state index is 0.282. The number of para-hydroxylation sites is 1. The fraction of sp³-hybridized carbons (Fsp3) is 0.214. The number of aromatic nitrogens is 2. The first-order valence-corrected chi connectivity index (χ1v) is 6.41. The van der Waals surface area contributed by atoms with E-state index >= 15 is 0 Å². The molecule has 0 unspecified atom stereocenters. The third-order valence-corrected chi connectivity index (χ3v) is 2.79. The maximum Gasteiger partial charge on any atom is 0.320 e. The Balaban J connectivity index is 1.81. The van der Waals surface area contributed by atoms with E-state index in [1.54, 1.807) is 7.11 Å². The lowest BCUT2D eigenvalue weighted by molar-refractivity contribution is 0.252. The van der Waals surface area contributed by atoms with Crippen molar-refractivity contribution < 1.29 is 9.53 Å². The van der Waals surface area contributed by atoms with Gasteiger partial charge in [-0.05, 0) is 24.1 Å². The van der Waals surface area contributed by atoms with E-state index in [1.807, 2.05) is 24.3 Å². The number of methoxy groups -OCH3 is 1. The Morgan fingerprint density at radius 3 is 2.81 bits per heavy atom. The van der Waals surface area contributed by atoms with Crippen LogP contribution in [0.1, 0.15) is 5.56 Å². The van der Waals surface area contributed by atoms with Crippen molar-refractivity contribution in [2.45, 2.75) is 6.42 Å². The Kier molecular flexibility index (Phi) is 4.92. The van der Waals surface area contributed by atoms with E-state index in [9.17, 15) is 9.59 Å². The SMILES string of the molecule is COc1ccccc1CCNC(=O)Nc1ccc(=O)[nH]n1. The molecule has 0 saturated heterocycles. The van der Waals surface area contributed by atoms with E-state index in [2.05, 4.69) is 20.8 Å². The molecule has 2 amide bonds. The summed E-state index contributed by atoms with van der Waals surface area (Å²) in [6, 6.07) is 9.97. The molecule has 2 rings (SSSR count). The third kappa shape index (κ3) is 4.34. The molecule has 1 heterocycles. The zero-order chi connectivity index (χ0) is 15.1. The van der Waals surface area contributed by atoms with Crippen molar-refractivity contribution >= 4 is 11.8 Å². The van der Waals surface area contributed by atoms with E-state index < -0.39 is 0 Å². The molecule has 0 aliphatic carbocycles. The largest absolute Gasteiger partial charge is 0.496 e. The second-order valence-corrected chi connectivity index (χ2v) is 4.25. The quantitative estimate of drug-likeness (QED) is 0.768. The van der Waals surface area contributed by atoms with E-state index in [-0.39, 0.29) is 17.4 Å². The topological polar surface area (TPSA) is 96.1 Å². The monoisotopic (exact) mass is 288 g/mol. The first kappa shape index (κ1) is 14.6. The molecule has 0 atom stereocenters. The van der Waals surface area contributed by atoms with Crippen molar-refractivity contribution in [3.05, 3.63) is 52.3 Å². The van der Waals surface area contributed by atoms with Crippen molar-refractivity contribution in [3.63, 3.8) is 0 Å². The lowest BCUT2D eigenvalue weighted by Crippen LogP contribution is -2.31. The van der Waals surface area contributed by atoms with Gasteiger partial charge in [0.25, 0.3) is 5.56 Å². The summed E-state index contributed by atoms with van der Waals surface area (Å²) in [6.07, 6.45) is 0.649. The Bertz CT molecular complexity index is 649. The number of nitrogens with one attached hydrogen (secondary N) is 3. The first-order chi connectivity index (χ1) is 10.2. The second-order valence-electron chi connectivity index (χ2n) is 4.25. The van der Waals surface area contributed by atoms with Crippen LogP contribution in [0.4, 0.5) is 10.6 Å². The molecule has 0 aliphatic heterocycles. The molecule has 1 aromatic heterocycles. The molecule has 0 spiro atoms. The molecule has 21 heavy (non-hydrogen) atoms. The summed E-state index contributed by atoms with van der Waals surface area (Å²) in [7, 11) is 1.61. The summed E-state index contributed by atoms with van der Waals surface area (Å²) in [5, 5.41) is 11.1. The number of nitrogens with zero attached hydrogens (tertiary/aromatic N) is 1. The Hall–Kier alpha value is -2.83. The van der Waals surface area contributed by atoms with Gasteiger partial charge in [0.1, 0.15) is 5.75 Å². The predicted octanol–water partition coefficient (Wildman–Crippen LogP) is 1.14. The molecule has 3 N–H and O–H groups in total. The molecule has 110 valence electrons.